The van der Waals surface area contributed by atoms with Gasteiger partial charge >= 0.3 is 5.97 Å². The zero-order chi connectivity index (χ0) is 16.8. The minimum atomic E-state index is -0.211. The Bertz CT molecular complexity index is 661. The van der Waals surface area contributed by atoms with Gasteiger partial charge in [-0.1, -0.05) is 48.0 Å². The van der Waals surface area contributed by atoms with Gasteiger partial charge in [0.2, 0.25) is 0 Å². The average molecular weight is 344 g/mol. The maximum absolute atomic E-state index is 12.0. The number of nitrogens with one attached hydrogen (secondary N) is 1. The second-order valence-electron chi connectivity index (χ2n) is 6.25. The van der Waals surface area contributed by atoms with Crippen molar-refractivity contribution in [3.63, 3.8) is 0 Å². The number of benzene rings is 2. The van der Waals surface area contributed by atoms with Crippen molar-refractivity contribution >= 4 is 17.6 Å². The molecule has 24 heavy (non-hydrogen) atoms. The summed E-state index contributed by atoms with van der Waals surface area (Å²) in [5, 5.41) is 4.11. The van der Waals surface area contributed by atoms with Crippen molar-refractivity contribution in [3.8, 4) is 0 Å². The lowest BCUT2D eigenvalue weighted by molar-refractivity contribution is -0.144. The van der Waals surface area contributed by atoms with E-state index in [4.69, 9.17) is 16.3 Å². The molecule has 1 fully saturated rings. The molecule has 0 aromatic heterocycles. The van der Waals surface area contributed by atoms with Gasteiger partial charge in [0.05, 0.1) is 6.42 Å². The van der Waals surface area contributed by atoms with Crippen molar-refractivity contribution in [1.82, 2.24) is 5.32 Å². The fourth-order valence-corrected chi connectivity index (χ4v) is 3.13. The van der Waals surface area contributed by atoms with Gasteiger partial charge in [0.15, 0.2) is 0 Å². The first kappa shape index (κ1) is 17.0. The number of rotatable bonds is 5. The molecular formula is C20H22ClNO2. The largest absolute Gasteiger partial charge is 0.461 e. The van der Waals surface area contributed by atoms with E-state index >= 15 is 0 Å². The molecule has 3 nitrogen and oxygen atoms in total. The van der Waals surface area contributed by atoms with Gasteiger partial charge < -0.3 is 10.1 Å². The maximum atomic E-state index is 12.0. The lowest BCUT2D eigenvalue weighted by atomic mass is 9.91. The molecule has 2 aromatic rings. The molecule has 0 spiro atoms. The second-order valence-corrected chi connectivity index (χ2v) is 6.69. The normalized spacial score (nSPS) is 17.5. The summed E-state index contributed by atoms with van der Waals surface area (Å²) in [5.74, 6) is 0.377. The van der Waals surface area contributed by atoms with Crippen LogP contribution in [0.15, 0.2) is 48.5 Å². The fraction of sp³-hybridized carbons (Fsp3) is 0.350. The molecular weight excluding hydrogens is 322 g/mol. The molecule has 1 heterocycles. The third-order valence-corrected chi connectivity index (χ3v) is 4.66. The van der Waals surface area contributed by atoms with Crippen LogP contribution in [-0.2, 0) is 22.6 Å². The molecule has 1 aliphatic rings. The highest BCUT2D eigenvalue weighted by Crippen LogP contribution is 2.23. The van der Waals surface area contributed by atoms with Gasteiger partial charge in [0.1, 0.15) is 6.61 Å². The summed E-state index contributed by atoms with van der Waals surface area (Å²) < 4.78 is 5.33. The molecule has 126 valence electrons. The van der Waals surface area contributed by atoms with E-state index in [0.29, 0.717) is 17.4 Å². The highest BCUT2D eigenvalue weighted by atomic mass is 35.5. The van der Waals surface area contributed by atoms with Crippen molar-refractivity contribution in [2.24, 2.45) is 0 Å². The molecule has 3 rings (SSSR count). The monoisotopic (exact) mass is 343 g/mol. The van der Waals surface area contributed by atoms with Crippen LogP contribution < -0.4 is 5.32 Å². The van der Waals surface area contributed by atoms with E-state index in [1.54, 1.807) is 12.1 Å². The smallest absolute Gasteiger partial charge is 0.310 e. The number of carbonyl (C=O) groups is 1. The summed E-state index contributed by atoms with van der Waals surface area (Å²) in [5.41, 5.74) is 3.28. The van der Waals surface area contributed by atoms with Crippen LogP contribution >= 0.6 is 11.6 Å². The summed E-state index contributed by atoms with van der Waals surface area (Å²) in [4.78, 5) is 12.0. The molecule has 0 saturated carbocycles. The van der Waals surface area contributed by atoms with E-state index in [0.717, 1.165) is 24.2 Å². The minimum absolute atomic E-state index is 0.211. The fourth-order valence-electron chi connectivity index (χ4n) is 3.01. The van der Waals surface area contributed by atoms with Crippen molar-refractivity contribution in [2.45, 2.75) is 31.8 Å². The van der Waals surface area contributed by atoms with Gasteiger partial charge in [-0.3, -0.25) is 4.79 Å². The molecule has 4 heteroatoms. The Kier molecular flexibility index (Phi) is 5.89. The van der Waals surface area contributed by atoms with Gasteiger partial charge in [-0.15, -0.1) is 0 Å². The average Bonchev–Trinajstić information content (AvgIpc) is 2.63. The standard InChI is InChI=1S/C20H22ClNO2/c21-19-9-5-16(6-10-19)14-24-20(23)12-15-3-7-17(8-4-15)18-2-1-11-22-13-18/h3-10,18,22H,1-2,11-14H2/t18-/m1/s1. The molecule has 1 N–H and O–H groups in total. The highest BCUT2D eigenvalue weighted by Gasteiger charge is 2.15. The first-order valence-corrected chi connectivity index (χ1v) is 8.78. The van der Waals surface area contributed by atoms with Crippen LogP contribution in [0.5, 0.6) is 0 Å². The van der Waals surface area contributed by atoms with E-state index in [1.165, 1.54) is 18.4 Å². The van der Waals surface area contributed by atoms with E-state index in [1.807, 2.05) is 24.3 Å². The van der Waals surface area contributed by atoms with Gasteiger partial charge in [0, 0.05) is 11.6 Å². The number of hydrogen-bond donors (Lipinski definition) is 1. The molecule has 2 aromatic carbocycles. The van der Waals surface area contributed by atoms with Crippen molar-refractivity contribution in [3.05, 3.63) is 70.2 Å². The molecule has 1 saturated heterocycles. The van der Waals surface area contributed by atoms with Gasteiger partial charge in [-0.05, 0) is 54.1 Å². The zero-order valence-corrected chi connectivity index (χ0v) is 14.4. The Morgan fingerprint density at radius 2 is 1.79 bits per heavy atom. The summed E-state index contributed by atoms with van der Waals surface area (Å²) in [6.07, 6.45) is 2.76. The van der Waals surface area contributed by atoms with Crippen LogP contribution in [0.4, 0.5) is 0 Å². The highest BCUT2D eigenvalue weighted by molar-refractivity contribution is 6.30. The summed E-state index contributed by atoms with van der Waals surface area (Å²) >= 11 is 5.84. The lowest BCUT2D eigenvalue weighted by Crippen LogP contribution is -2.28. The van der Waals surface area contributed by atoms with Crippen LogP contribution in [0.1, 0.15) is 35.4 Å². The Morgan fingerprint density at radius 1 is 1.08 bits per heavy atom. The van der Waals surface area contributed by atoms with Crippen LogP contribution in [0, 0.1) is 0 Å². The van der Waals surface area contributed by atoms with Gasteiger partial charge in [-0.25, -0.2) is 0 Å². The van der Waals surface area contributed by atoms with Crippen LogP contribution in [0.25, 0.3) is 0 Å². The molecule has 1 atom stereocenters. The van der Waals surface area contributed by atoms with Crippen LogP contribution in [0.2, 0.25) is 5.02 Å². The number of halogens is 1. The lowest BCUT2D eigenvalue weighted by Gasteiger charge is -2.23. The second kappa shape index (κ2) is 8.32. The van der Waals surface area contributed by atoms with Crippen LogP contribution in [0.3, 0.4) is 0 Å². The number of hydrogen-bond acceptors (Lipinski definition) is 3. The van der Waals surface area contributed by atoms with Gasteiger partial charge in [-0.2, -0.15) is 0 Å². The predicted octanol–water partition coefficient (Wildman–Crippen LogP) is 4.09. The summed E-state index contributed by atoms with van der Waals surface area (Å²) in [6, 6.07) is 15.7. The molecule has 0 amide bonds. The molecule has 0 bridgehead atoms. The number of esters is 1. The van der Waals surface area contributed by atoms with Crippen molar-refractivity contribution < 1.29 is 9.53 Å². The topological polar surface area (TPSA) is 38.3 Å². The number of piperidine rings is 1. The van der Waals surface area contributed by atoms with E-state index < -0.39 is 0 Å². The third-order valence-electron chi connectivity index (χ3n) is 4.41. The third kappa shape index (κ3) is 4.83. The van der Waals surface area contributed by atoms with E-state index in [9.17, 15) is 4.79 Å². The van der Waals surface area contributed by atoms with Crippen molar-refractivity contribution in [2.75, 3.05) is 13.1 Å². The molecule has 0 aliphatic carbocycles. The summed E-state index contributed by atoms with van der Waals surface area (Å²) in [7, 11) is 0. The number of ether oxygens (including phenoxy) is 1. The zero-order valence-electron chi connectivity index (χ0n) is 13.6. The SMILES string of the molecule is O=C(Cc1ccc([C@@H]2CCCNC2)cc1)OCc1ccc(Cl)cc1. The number of carbonyl (C=O) groups excluding carboxylic acids is 1. The molecule has 0 radical (unpaired) electrons. The first-order valence-electron chi connectivity index (χ1n) is 8.40. The Labute approximate surface area is 148 Å². The van der Waals surface area contributed by atoms with E-state index in [-0.39, 0.29) is 12.6 Å². The molecule has 0 unspecified atom stereocenters. The minimum Gasteiger partial charge on any atom is -0.461 e. The molecule has 1 aliphatic heterocycles. The predicted molar refractivity (Wildman–Crippen MR) is 96.2 cm³/mol. The maximum Gasteiger partial charge on any atom is 0.310 e. The first-order chi connectivity index (χ1) is 11.7. The van der Waals surface area contributed by atoms with Crippen LogP contribution in [-0.4, -0.2) is 19.1 Å². The van der Waals surface area contributed by atoms with E-state index in [2.05, 4.69) is 17.4 Å². The Balaban J connectivity index is 1.49. The van der Waals surface area contributed by atoms with Crippen molar-refractivity contribution in [1.29, 1.82) is 0 Å². The Hall–Kier alpha value is -1.84. The quantitative estimate of drug-likeness (QED) is 0.831. The summed E-state index contributed by atoms with van der Waals surface area (Å²) in [6.45, 7) is 2.44. The Morgan fingerprint density at radius 3 is 2.46 bits per heavy atom. The van der Waals surface area contributed by atoms with Gasteiger partial charge in [0.25, 0.3) is 0 Å².